The van der Waals surface area contributed by atoms with E-state index in [1.165, 1.54) is 6.08 Å². The lowest BCUT2D eigenvalue weighted by atomic mass is 10.1. The largest absolute Gasteiger partial charge is 0.344 e. The Morgan fingerprint density at radius 1 is 0.935 bits per heavy atom. The molecule has 31 heavy (non-hydrogen) atoms. The lowest BCUT2D eigenvalue weighted by Crippen LogP contribution is -2.54. The van der Waals surface area contributed by atoms with Crippen LogP contribution in [0.25, 0.3) is 6.08 Å². The molecule has 0 unspecified atom stereocenters. The molecule has 3 aromatic rings. The van der Waals surface area contributed by atoms with Gasteiger partial charge in [0.2, 0.25) is 0 Å². The number of hydrogen-bond acceptors (Lipinski definition) is 3. The third-order valence-electron chi connectivity index (χ3n) is 5.46. The van der Waals surface area contributed by atoms with Crippen LogP contribution < -0.4 is 10.2 Å². The summed E-state index contributed by atoms with van der Waals surface area (Å²) < 4.78 is 1.96. The highest BCUT2D eigenvalue weighted by Crippen LogP contribution is 2.23. The van der Waals surface area contributed by atoms with Crippen molar-refractivity contribution in [3.05, 3.63) is 94.8 Å². The van der Waals surface area contributed by atoms with Crippen molar-refractivity contribution in [2.24, 2.45) is 0 Å². The van der Waals surface area contributed by atoms with Crippen LogP contribution in [0.3, 0.4) is 0 Å². The highest BCUT2D eigenvalue weighted by atomic mass is 16.2. The average Bonchev–Trinajstić information content (AvgIpc) is 3.20. The molecule has 1 N–H and O–H groups in total. The van der Waals surface area contributed by atoms with E-state index in [0.29, 0.717) is 17.9 Å². The second-order valence-corrected chi connectivity index (χ2v) is 7.47. The number of aryl methyl sites for hydroxylation is 2. The fourth-order valence-corrected chi connectivity index (χ4v) is 3.59. The lowest BCUT2D eigenvalue weighted by molar-refractivity contribution is -0.122. The topological polar surface area (TPSA) is 71.4 Å². The molecule has 0 atom stereocenters. The van der Waals surface area contributed by atoms with Gasteiger partial charge in [0.15, 0.2) is 0 Å². The van der Waals surface area contributed by atoms with Gasteiger partial charge in [0.1, 0.15) is 5.57 Å². The zero-order valence-electron chi connectivity index (χ0n) is 17.5. The Morgan fingerprint density at radius 3 is 2.39 bits per heavy atom. The summed E-state index contributed by atoms with van der Waals surface area (Å²) in [4.78, 5) is 39.0. The Balaban J connectivity index is 1.66. The van der Waals surface area contributed by atoms with Gasteiger partial charge in [0.05, 0.1) is 5.69 Å². The molecule has 4 amide bonds. The van der Waals surface area contributed by atoms with Crippen molar-refractivity contribution in [1.82, 2.24) is 9.88 Å². The number of carbonyl (C=O) groups is 3. The van der Waals surface area contributed by atoms with E-state index in [9.17, 15) is 14.4 Å². The molecule has 6 nitrogen and oxygen atoms in total. The maximum absolute atomic E-state index is 13.1. The minimum absolute atomic E-state index is 0.0797. The fraction of sp³-hybridized carbons (Fsp3) is 0.160. The van der Waals surface area contributed by atoms with E-state index < -0.39 is 17.8 Å². The van der Waals surface area contributed by atoms with Crippen LogP contribution >= 0.6 is 0 Å². The highest BCUT2D eigenvalue weighted by Gasteiger charge is 2.36. The molecule has 0 bridgehead atoms. The maximum atomic E-state index is 13.1. The monoisotopic (exact) mass is 413 g/mol. The summed E-state index contributed by atoms with van der Waals surface area (Å²) >= 11 is 0. The van der Waals surface area contributed by atoms with Gasteiger partial charge in [-0.25, -0.2) is 9.69 Å². The van der Waals surface area contributed by atoms with Gasteiger partial charge in [-0.05, 0) is 60.4 Å². The second-order valence-electron chi connectivity index (χ2n) is 7.47. The number of hydrogen-bond donors (Lipinski definition) is 1. The summed E-state index contributed by atoms with van der Waals surface area (Å²) in [6, 6.07) is 18.2. The normalized spacial score (nSPS) is 15.5. The van der Waals surface area contributed by atoms with Gasteiger partial charge in [0.25, 0.3) is 11.8 Å². The first-order valence-corrected chi connectivity index (χ1v) is 10.2. The molecule has 1 aliphatic heterocycles. The number of aromatic nitrogens is 1. The van der Waals surface area contributed by atoms with E-state index in [4.69, 9.17) is 0 Å². The van der Waals surface area contributed by atoms with Gasteiger partial charge in [-0.3, -0.25) is 14.9 Å². The lowest BCUT2D eigenvalue weighted by Gasteiger charge is -2.26. The molecule has 0 aliphatic carbocycles. The quantitative estimate of drug-likeness (QED) is 0.506. The molecular formula is C25H23N3O3. The van der Waals surface area contributed by atoms with Crippen molar-refractivity contribution >= 4 is 29.6 Å². The van der Waals surface area contributed by atoms with Crippen LogP contribution in [-0.2, 0) is 22.6 Å². The minimum Gasteiger partial charge on any atom is -0.344 e. The van der Waals surface area contributed by atoms with E-state index in [1.54, 1.807) is 12.1 Å². The Hall–Kier alpha value is -3.93. The molecule has 2 aromatic carbocycles. The van der Waals surface area contributed by atoms with E-state index in [0.717, 1.165) is 28.0 Å². The Morgan fingerprint density at radius 2 is 1.68 bits per heavy atom. The number of rotatable bonds is 5. The molecular weight excluding hydrogens is 390 g/mol. The number of nitrogens with zero attached hydrogens (tertiary/aromatic N) is 2. The second kappa shape index (κ2) is 8.44. The number of imide groups is 2. The summed E-state index contributed by atoms with van der Waals surface area (Å²) in [5.74, 6) is -1.33. The van der Waals surface area contributed by atoms with Crippen LogP contribution in [0.5, 0.6) is 0 Å². The first-order valence-electron chi connectivity index (χ1n) is 10.2. The van der Waals surface area contributed by atoms with E-state index >= 15 is 0 Å². The maximum Gasteiger partial charge on any atom is 0.335 e. The van der Waals surface area contributed by atoms with Gasteiger partial charge in [-0.1, -0.05) is 43.3 Å². The Bertz CT molecular complexity index is 1190. The van der Waals surface area contributed by atoms with Gasteiger partial charge < -0.3 is 4.57 Å². The Labute approximate surface area is 180 Å². The molecule has 4 rings (SSSR count). The predicted molar refractivity (Wildman–Crippen MR) is 120 cm³/mol. The number of amides is 4. The summed E-state index contributed by atoms with van der Waals surface area (Å²) in [7, 11) is 0. The minimum atomic E-state index is -0.744. The van der Waals surface area contributed by atoms with Crippen LogP contribution in [0.4, 0.5) is 10.5 Å². The number of carbonyl (C=O) groups excluding carboxylic acids is 3. The summed E-state index contributed by atoms with van der Waals surface area (Å²) in [6.45, 7) is 4.68. The summed E-state index contributed by atoms with van der Waals surface area (Å²) in [5, 5.41) is 2.28. The van der Waals surface area contributed by atoms with Crippen molar-refractivity contribution in [1.29, 1.82) is 0 Å². The predicted octanol–water partition coefficient (Wildman–Crippen LogP) is 4.07. The molecule has 0 saturated carbocycles. The van der Waals surface area contributed by atoms with Crippen molar-refractivity contribution < 1.29 is 14.4 Å². The van der Waals surface area contributed by atoms with Crippen LogP contribution in [0.1, 0.15) is 29.3 Å². The van der Waals surface area contributed by atoms with Crippen LogP contribution in [0.2, 0.25) is 0 Å². The fourth-order valence-electron chi connectivity index (χ4n) is 3.59. The third kappa shape index (κ3) is 4.05. The van der Waals surface area contributed by atoms with Crippen LogP contribution in [0.15, 0.2) is 72.4 Å². The smallest absolute Gasteiger partial charge is 0.335 e. The number of anilines is 1. The number of barbiturate groups is 1. The average molecular weight is 413 g/mol. The van der Waals surface area contributed by atoms with E-state index in [1.807, 2.05) is 73.1 Å². The molecule has 1 aromatic heterocycles. The zero-order valence-corrected chi connectivity index (χ0v) is 17.5. The molecule has 1 saturated heterocycles. The van der Waals surface area contributed by atoms with Gasteiger partial charge in [-0.2, -0.15) is 0 Å². The third-order valence-corrected chi connectivity index (χ3v) is 5.46. The Kier molecular flexibility index (Phi) is 5.54. The standard InChI is InChI=1S/C25H23N3O3/c1-3-18-10-12-20(13-11-18)28-24(30)22(23(29)26-25(28)31)15-21-9-6-14-27(21)16-19-8-5-4-7-17(19)2/h4-15H,3,16H2,1-2H3,(H,26,29,31)/b22-15-. The number of benzene rings is 2. The molecule has 0 radical (unpaired) electrons. The van der Waals surface area contributed by atoms with Crippen molar-refractivity contribution in [3.8, 4) is 0 Å². The first kappa shape index (κ1) is 20.3. The summed E-state index contributed by atoms with van der Waals surface area (Å²) in [6.07, 6.45) is 4.29. The van der Waals surface area contributed by atoms with Crippen molar-refractivity contribution in [2.75, 3.05) is 4.90 Å². The SMILES string of the molecule is CCc1ccc(N2C(=O)NC(=O)/C(=C/c3cccn3Cc3ccccc3C)C2=O)cc1. The molecule has 0 spiro atoms. The van der Waals surface area contributed by atoms with Crippen molar-refractivity contribution in [2.45, 2.75) is 26.8 Å². The molecule has 1 aliphatic rings. The highest BCUT2D eigenvalue weighted by molar-refractivity contribution is 6.39. The van der Waals surface area contributed by atoms with Gasteiger partial charge >= 0.3 is 6.03 Å². The van der Waals surface area contributed by atoms with Gasteiger partial charge in [0, 0.05) is 18.4 Å². The molecule has 1 fully saturated rings. The van der Waals surface area contributed by atoms with Crippen molar-refractivity contribution in [3.63, 3.8) is 0 Å². The molecule has 156 valence electrons. The number of urea groups is 1. The van der Waals surface area contributed by atoms with Gasteiger partial charge in [-0.15, -0.1) is 0 Å². The van der Waals surface area contributed by atoms with E-state index in [2.05, 4.69) is 5.32 Å². The number of nitrogens with one attached hydrogen (secondary N) is 1. The van der Waals surface area contributed by atoms with Crippen LogP contribution in [-0.4, -0.2) is 22.4 Å². The first-order chi connectivity index (χ1) is 15.0. The molecule has 2 heterocycles. The van der Waals surface area contributed by atoms with E-state index in [-0.39, 0.29) is 5.57 Å². The molecule has 6 heteroatoms. The zero-order chi connectivity index (χ0) is 22.0. The summed E-state index contributed by atoms with van der Waals surface area (Å²) in [5.41, 5.74) is 4.45. The van der Waals surface area contributed by atoms with Crippen LogP contribution in [0, 0.1) is 6.92 Å².